The van der Waals surface area contributed by atoms with Crippen molar-refractivity contribution in [3.8, 4) is 11.1 Å². The van der Waals surface area contributed by atoms with Gasteiger partial charge in [-0.2, -0.15) is 0 Å². The van der Waals surface area contributed by atoms with Crippen LogP contribution in [0, 0.1) is 0 Å². The SMILES string of the molecule is CC(C)(C)OC(=O)N1C2CCC1CC(O)(c1ccccc1-c1ccccc1)C2. The molecule has 4 heteroatoms. The van der Waals surface area contributed by atoms with E-state index in [1.807, 2.05) is 62.1 Å². The number of benzene rings is 2. The van der Waals surface area contributed by atoms with Crippen LogP contribution in [0.5, 0.6) is 0 Å². The van der Waals surface area contributed by atoms with Crippen molar-refractivity contribution in [3.63, 3.8) is 0 Å². The topological polar surface area (TPSA) is 49.8 Å². The van der Waals surface area contributed by atoms with E-state index in [0.29, 0.717) is 12.8 Å². The first-order chi connectivity index (χ1) is 13.3. The number of carbonyl (C=O) groups is 1. The van der Waals surface area contributed by atoms with Gasteiger partial charge in [-0.3, -0.25) is 0 Å². The number of rotatable bonds is 2. The highest BCUT2D eigenvalue weighted by atomic mass is 16.6. The Hall–Kier alpha value is -2.33. The summed E-state index contributed by atoms with van der Waals surface area (Å²) in [7, 11) is 0. The number of piperidine rings is 1. The molecule has 0 spiro atoms. The fourth-order valence-electron chi connectivity index (χ4n) is 4.82. The highest BCUT2D eigenvalue weighted by Gasteiger charge is 2.51. The molecular formula is C24H29NO3. The molecule has 2 aromatic rings. The molecule has 2 unspecified atom stereocenters. The predicted molar refractivity (Wildman–Crippen MR) is 110 cm³/mol. The number of hydrogen-bond donors (Lipinski definition) is 1. The van der Waals surface area contributed by atoms with Gasteiger partial charge in [-0.15, -0.1) is 0 Å². The molecule has 2 aliphatic rings. The largest absolute Gasteiger partial charge is 0.444 e. The van der Waals surface area contributed by atoms with E-state index >= 15 is 0 Å². The summed E-state index contributed by atoms with van der Waals surface area (Å²) in [4.78, 5) is 14.6. The second-order valence-corrected chi connectivity index (χ2v) is 9.12. The number of amides is 1. The summed E-state index contributed by atoms with van der Waals surface area (Å²) in [5.41, 5.74) is 1.69. The predicted octanol–water partition coefficient (Wildman–Crippen LogP) is 5.10. The van der Waals surface area contributed by atoms with Crippen LogP contribution in [0.15, 0.2) is 54.6 Å². The molecule has 28 heavy (non-hydrogen) atoms. The van der Waals surface area contributed by atoms with Crippen molar-refractivity contribution in [1.29, 1.82) is 0 Å². The van der Waals surface area contributed by atoms with Crippen molar-refractivity contribution < 1.29 is 14.6 Å². The zero-order chi connectivity index (χ0) is 19.9. The van der Waals surface area contributed by atoms with Crippen molar-refractivity contribution >= 4 is 6.09 Å². The molecule has 0 saturated carbocycles. The minimum Gasteiger partial charge on any atom is -0.444 e. The summed E-state index contributed by atoms with van der Waals surface area (Å²) >= 11 is 0. The standard InChI is InChI=1S/C24H29NO3/c1-23(2,3)28-22(26)25-18-13-14-19(25)16-24(27,15-18)21-12-8-7-11-20(21)17-9-5-4-6-10-17/h4-12,18-19,27H,13-16H2,1-3H3. The normalized spacial score (nSPS) is 26.9. The van der Waals surface area contributed by atoms with Crippen LogP contribution in [0.2, 0.25) is 0 Å². The second kappa shape index (κ2) is 6.93. The smallest absolute Gasteiger partial charge is 0.410 e. The molecule has 148 valence electrons. The third-order valence-electron chi connectivity index (χ3n) is 5.88. The van der Waals surface area contributed by atoms with Crippen molar-refractivity contribution in [1.82, 2.24) is 4.90 Å². The van der Waals surface area contributed by atoms with Gasteiger partial charge >= 0.3 is 6.09 Å². The first-order valence-electron chi connectivity index (χ1n) is 10.2. The summed E-state index contributed by atoms with van der Waals surface area (Å²) < 4.78 is 5.63. The van der Waals surface area contributed by atoms with E-state index in [1.54, 1.807) is 0 Å². The van der Waals surface area contributed by atoms with Crippen molar-refractivity contribution in [2.75, 3.05) is 0 Å². The summed E-state index contributed by atoms with van der Waals surface area (Å²) in [6, 6.07) is 18.3. The minimum absolute atomic E-state index is 0.0161. The summed E-state index contributed by atoms with van der Waals surface area (Å²) in [6.07, 6.45) is 2.68. The van der Waals surface area contributed by atoms with Gasteiger partial charge in [0.05, 0.1) is 5.60 Å². The zero-order valence-corrected chi connectivity index (χ0v) is 16.9. The number of aliphatic hydroxyl groups is 1. The van der Waals surface area contributed by atoms with Gasteiger partial charge in [0.2, 0.25) is 0 Å². The van der Waals surface area contributed by atoms with Crippen molar-refractivity contribution in [3.05, 3.63) is 60.2 Å². The van der Waals surface area contributed by atoms with E-state index in [9.17, 15) is 9.90 Å². The van der Waals surface area contributed by atoms with Crippen LogP contribution < -0.4 is 0 Å². The monoisotopic (exact) mass is 379 g/mol. The maximum absolute atomic E-state index is 12.7. The maximum Gasteiger partial charge on any atom is 0.410 e. The Morgan fingerprint density at radius 3 is 2.18 bits per heavy atom. The van der Waals surface area contributed by atoms with Gasteiger partial charge < -0.3 is 14.7 Å². The molecule has 1 N–H and O–H groups in total. The van der Waals surface area contributed by atoms with Crippen LogP contribution in [0.1, 0.15) is 52.0 Å². The minimum atomic E-state index is -0.934. The molecule has 4 rings (SSSR count). The van der Waals surface area contributed by atoms with E-state index in [2.05, 4.69) is 18.2 Å². The Bertz CT molecular complexity index is 842. The molecule has 2 heterocycles. The zero-order valence-electron chi connectivity index (χ0n) is 16.9. The Morgan fingerprint density at radius 2 is 1.57 bits per heavy atom. The number of carbonyl (C=O) groups excluding carboxylic acids is 1. The van der Waals surface area contributed by atoms with Crippen LogP contribution in [-0.2, 0) is 10.3 Å². The number of nitrogens with zero attached hydrogens (tertiary/aromatic N) is 1. The summed E-state index contributed by atoms with van der Waals surface area (Å²) in [5.74, 6) is 0. The van der Waals surface area contributed by atoms with E-state index < -0.39 is 11.2 Å². The number of ether oxygens (including phenoxy) is 1. The van der Waals surface area contributed by atoms with Gasteiger partial charge in [-0.1, -0.05) is 54.6 Å². The van der Waals surface area contributed by atoms with Gasteiger partial charge in [0, 0.05) is 24.9 Å². The van der Waals surface area contributed by atoms with E-state index in [-0.39, 0.29) is 18.2 Å². The molecular weight excluding hydrogens is 350 g/mol. The Kier molecular flexibility index (Phi) is 4.70. The van der Waals surface area contributed by atoms with Crippen LogP contribution in [0.25, 0.3) is 11.1 Å². The average Bonchev–Trinajstić information content (AvgIpc) is 2.94. The van der Waals surface area contributed by atoms with E-state index in [0.717, 1.165) is 29.5 Å². The lowest BCUT2D eigenvalue weighted by Gasteiger charge is -2.44. The van der Waals surface area contributed by atoms with Crippen molar-refractivity contribution in [2.24, 2.45) is 0 Å². The lowest BCUT2D eigenvalue weighted by Crippen LogP contribution is -2.53. The molecule has 1 amide bonds. The number of hydrogen-bond acceptors (Lipinski definition) is 3. The summed E-state index contributed by atoms with van der Waals surface area (Å²) in [6.45, 7) is 5.68. The van der Waals surface area contributed by atoms with Crippen LogP contribution in [0.3, 0.4) is 0 Å². The Labute approximate surface area is 167 Å². The van der Waals surface area contributed by atoms with E-state index in [4.69, 9.17) is 4.74 Å². The molecule has 2 atom stereocenters. The molecule has 4 nitrogen and oxygen atoms in total. The van der Waals surface area contributed by atoms with Crippen molar-refractivity contribution in [2.45, 2.75) is 69.7 Å². The second-order valence-electron chi connectivity index (χ2n) is 9.12. The molecule has 0 aliphatic carbocycles. The van der Waals surface area contributed by atoms with Gasteiger partial charge in [0.15, 0.2) is 0 Å². The average molecular weight is 380 g/mol. The van der Waals surface area contributed by atoms with Crippen LogP contribution >= 0.6 is 0 Å². The molecule has 2 aromatic carbocycles. The van der Waals surface area contributed by atoms with Gasteiger partial charge in [-0.05, 0) is 50.3 Å². The third-order valence-corrected chi connectivity index (χ3v) is 5.88. The fourth-order valence-corrected chi connectivity index (χ4v) is 4.82. The van der Waals surface area contributed by atoms with Gasteiger partial charge in [0.25, 0.3) is 0 Å². The molecule has 2 fully saturated rings. The van der Waals surface area contributed by atoms with Crippen LogP contribution in [0.4, 0.5) is 4.79 Å². The Morgan fingerprint density at radius 1 is 1.00 bits per heavy atom. The highest BCUT2D eigenvalue weighted by Crippen LogP contribution is 2.48. The van der Waals surface area contributed by atoms with Gasteiger partial charge in [0.1, 0.15) is 5.60 Å². The molecule has 2 bridgehead atoms. The maximum atomic E-state index is 12.7. The lowest BCUT2D eigenvalue weighted by atomic mass is 9.77. The van der Waals surface area contributed by atoms with E-state index in [1.165, 1.54) is 0 Å². The third kappa shape index (κ3) is 3.53. The molecule has 2 aliphatic heterocycles. The fraction of sp³-hybridized carbons (Fsp3) is 0.458. The Balaban J connectivity index is 1.64. The first kappa shape index (κ1) is 19.0. The summed E-state index contributed by atoms with van der Waals surface area (Å²) in [5, 5.41) is 11.7. The van der Waals surface area contributed by atoms with Crippen LogP contribution in [-0.4, -0.2) is 33.8 Å². The highest BCUT2D eigenvalue weighted by molar-refractivity contribution is 5.71. The molecule has 0 radical (unpaired) electrons. The molecule has 2 saturated heterocycles. The quantitative estimate of drug-likeness (QED) is 0.789. The number of fused-ring (bicyclic) bond motifs is 2. The lowest BCUT2D eigenvalue weighted by molar-refractivity contribution is -0.0621. The van der Waals surface area contributed by atoms with Gasteiger partial charge in [-0.25, -0.2) is 4.79 Å². The first-order valence-corrected chi connectivity index (χ1v) is 10.2. The molecule has 0 aromatic heterocycles.